The highest BCUT2D eigenvalue weighted by Gasteiger charge is 2.37. The molecular formula is C35H33F2NO5. The van der Waals surface area contributed by atoms with Crippen LogP contribution in [0, 0.1) is 11.6 Å². The Hall–Kier alpha value is -4.53. The molecule has 0 atom stereocenters. The first-order chi connectivity index (χ1) is 20.8. The van der Waals surface area contributed by atoms with Gasteiger partial charge in [0, 0.05) is 37.4 Å². The molecule has 43 heavy (non-hydrogen) atoms. The van der Waals surface area contributed by atoms with E-state index < -0.39 is 17.2 Å². The molecule has 0 radical (unpaired) electrons. The summed E-state index contributed by atoms with van der Waals surface area (Å²) in [7, 11) is 3.22. The van der Waals surface area contributed by atoms with Crippen LogP contribution in [0.25, 0.3) is 16.6 Å². The van der Waals surface area contributed by atoms with Crippen molar-refractivity contribution in [1.82, 2.24) is 4.57 Å². The van der Waals surface area contributed by atoms with Gasteiger partial charge in [-0.05, 0) is 72.1 Å². The van der Waals surface area contributed by atoms with Crippen molar-refractivity contribution in [1.29, 1.82) is 0 Å². The van der Waals surface area contributed by atoms with E-state index in [4.69, 9.17) is 14.2 Å². The number of hydrogen-bond donors (Lipinski definition) is 1. The average molecular weight is 586 g/mol. The molecule has 8 heteroatoms. The van der Waals surface area contributed by atoms with Crippen molar-refractivity contribution in [2.75, 3.05) is 27.4 Å². The number of ether oxygens (including phenoxy) is 3. The average Bonchev–Trinajstić information content (AvgIpc) is 3.32. The molecule has 0 saturated heterocycles. The molecule has 4 aromatic carbocycles. The van der Waals surface area contributed by atoms with E-state index in [9.17, 15) is 14.3 Å². The number of aromatic carboxylic acids is 1. The Kier molecular flexibility index (Phi) is 8.89. The van der Waals surface area contributed by atoms with Crippen LogP contribution in [-0.4, -0.2) is 43.1 Å². The van der Waals surface area contributed by atoms with Crippen molar-refractivity contribution in [3.05, 3.63) is 131 Å². The molecule has 1 heterocycles. The topological polar surface area (TPSA) is 69.9 Å². The van der Waals surface area contributed by atoms with E-state index in [-0.39, 0.29) is 37.0 Å². The zero-order valence-electron chi connectivity index (χ0n) is 24.3. The number of methoxy groups -OCH3 is 2. The minimum Gasteiger partial charge on any atom is -0.485 e. The monoisotopic (exact) mass is 585 g/mol. The molecule has 5 rings (SSSR count). The molecule has 0 aliphatic heterocycles. The third-order valence-electron chi connectivity index (χ3n) is 7.53. The van der Waals surface area contributed by atoms with Gasteiger partial charge in [0.1, 0.15) is 12.4 Å². The predicted octanol–water partition coefficient (Wildman–Crippen LogP) is 7.33. The molecule has 0 aliphatic carbocycles. The van der Waals surface area contributed by atoms with Crippen LogP contribution in [0.15, 0.2) is 91.0 Å². The summed E-state index contributed by atoms with van der Waals surface area (Å²) in [6.45, 7) is 2.69. The molecule has 6 nitrogen and oxygen atoms in total. The zero-order chi connectivity index (χ0) is 30.6. The SMILES string of the molecule is COCC(C)(COC)c1c(Cc2ccc(C(=O)O)cc2)c2c(OCc3ccccc3)c(F)ccc2n1-c1ccc(F)cc1. The van der Waals surface area contributed by atoms with Gasteiger partial charge in [0.05, 0.1) is 29.7 Å². The first-order valence-electron chi connectivity index (χ1n) is 13.8. The van der Waals surface area contributed by atoms with Gasteiger partial charge in [-0.1, -0.05) is 42.5 Å². The second-order valence-corrected chi connectivity index (χ2v) is 10.8. The van der Waals surface area contributed by atoms with Gasteiger partial charge in [0.2, 0.25) is 0 Å². The highest BCUT2D eigenvalue weighted by atomic mass is 19.1. The maximum absolute atomic E-state index is 15.8. The zero-order valence-corrected chi connectivity index (χ0v) is 24.3. The lowest BCUT2D eigenvalue weighted by Crippen LogP contribution is -2.36. The standard InChI is InChI=1S/C35H33F2NO5/c1-35(21-41-2,22-42-3)33-28(19-23-9-11-25(12-10-23)34(39)40)31-30(38(33)27-15-13-26(36)14-16-27)18-17-29(37)32(31)43-20-24-7-5-4-6-8-24/h4-18H,19-22H2,1-3H3,(H,39,40). The van der Waals surface area contributed by atoms with E-state index in [1.165, 1.54) is 18.2 Å². The molecule has 0 fully saturated rings. The van der Waals surface area contributed by atoms with Gasteiger partial charge in [0.25, 0.3) is 0 Å². The summed E-state index contributed by atoms with van der Waals surface area (Å²) in [6.07, 6.45) is 0.327. The Morgan fingerprint density at radius 1 is 0.837 bits per heavy atom. The summed E-state index contributed by atoms with van der Waals surface area (Å²) in [6, 6.07) is 25.3. The van der Waals surface area contributed by atoms with Crippen molar-refractivity contribution in [3.8, 4) is 11.4 Å². The lowest BCUT2D eigenvalue weighted by molar-refractivity contribution is 0.0656. The summed E-state index contributed by atoms with van der Waals surface area (Å²) in [5, 5.41) is 9.99. The number of carboxylic acid groups (broad SMARTS) is 1. The van der Waals surface area contributed by atoms with Crippen LogP contribution in [0.1, 0.15) is 39.7 Å². The largest absolute Gasteiger partial charge is 0.485 e. The Morgan fingerprint density at radius 2 is 1.49 bits per heavy atom. The number of halogens is 2. The molecule has 0 unspecified atom stereocenters. The van der Waals surface area contributed by atoms with Gasteiger partial charge in [-0.3, -0.25) is 0 Å². The Bertz CT molecular complexity index is 1710. The first-order valence-corrected chi connectivity index (χ1v) is 13.8. The van der Waals surface area contributed by atoms with Crippen LogP contribution in [0.3, 0.4) is 0 Å². The number of fused-ring (bicyclic) bond motifs is 1. The van der Waals surface area contributed by atoms with E-state index >= 15 is 4.39 Å². The van der Waals surface area contributed by atoms with Crippen LogP contribution < -0.4 is 4.74 Å². The molecule has 1 aromatic heterocycles. The number of hydrogen-bond acceptors (Lipinski definition) is 4. The minimum absolute atomic E-state index is 0.0952. The minimum atomic E-state index is -1.02. The van der Waals surface area contributed by atoms with E-state index in [1.807, 2.05) is 41.8 Å². The number of rotatable bonds is 12. The number of carbonyl (C=O) groups is 1. The van der Waals surface area contributed by atoms with Gasteiger partial charge in [-0.25, -0.2) is 13.6 Å². The van der Waals surface area contributed by atoms with Crippen molar-refractivity contribution in [2.45, 2.75) is 25.4 Å². The third kappa shape index (κ3) is 6.16. The second kappa shape index (κ2) is 12.8. The Labute approximate surface area is 249 Å². The summed E-state index contributed by atoms with van der Waals surface area (Å²) >= 11 is 0. The fourth-order valence-corrected chi connectivity index (χ4v) is 5.72. The molecule has 0 spiro atoms. The van der Waals surface area contributed by atoms with Crippen molar-refractivity contribution < 1.29 is 32.9 Å². The summed E-state index contributed by atoms with van der Waals surface area (Å²) in [4.78, 5) is 11.5. The molecule has 222 valence electrons. The van der Waals surface area contributed by atoms with Gasteiger partial charge in [0.15, 0.2) is 11.6 Å². The third-order valence-corrected chi connectivity index (χ3v) is 7.53. The van der Waals surface area contributed by atoms with Crippen LogP contribution in [0.4, 0.5) is 8.78 Å². The van der Waals surface area contributed by atoms with Crippen LogP contribution in [-0.2, 0) is 27.9 Å². The predicted molar refractivity (Wildman–Crippen MR) is 161 cm³/mol. The fourth-order valence-electron chi connectivity index (χ4n) is 5.72. The molecule has 5 aromatic rings. The smallest absolute Gasteiger partial charge is 0.335 e. The molecular weight excluding hydrogens is 552 g/mol. The number of benzene rings is 4. The summed E-state index contributed by atoms with van der Waals surface area (Å²) in [5.41, 5.74) is 4.03. The van der Waals surface area contributed by atoms with Gasteiger partial charge in [-0.2, -0.15) is 0 Å². The molecule has 0 aliphatic rings. The second-order valence-electron chi connectivity index (χ2n) is 10.8. The lowest BCUT2D eigenvalue weighted by Gasteiger charge is -2.31. The van der Waals surface area contributed by atoms with E-state index in [2.05, 4.69) is 0 Å². The Morgan fingerprint density at radius 3 is 2.09 bits per heavy atom. The highest BCUT2D eigenvalue weighted by molar-refractivity contribution is 5.94. The van der Waals surface area contributed by atoms with E-state index in [1.54, 1.807) is 56.7 Å². The normalized spacial score (nSPS) is 11.7. The Balaban J connectivity index is 1.83. The van der Waals surface area contributed by atoms with Crippen LogP contribution in [0.2, 0.25) is 0 Å². The number of carboxylic acids is 1. The van der Waals surface area contributed by atoms with Crippen LogP contribution in [0.5, 0.6) is 5.75 Å². The van der Waals surface area contributed by atoms with Gasteiger partial charge >= 0.3 is 5.97 Å². The van der Waals surface area contributed by atoms with E-state index in [0.717, 1.165) is 22.4 Å². The van der Waals surface area contributed by atoms with Crippen molar-refractivity contribution in [3.63, 3.8) is 0 Å². The van der Waals surface area contributed by atoms with E-state index in [0.29, 0.717) is 23.0 Å². The molecule has 0 saturated carbocycles. The molecule has 1 N–H and O–H groups in total. The maximum atomic E-state index is 15.8. The quantitative estimate of drug-likeness (QED) is 0.166. The van der Waals surface area contributed by atoms with Crippen molar-refractivity contribution in [2.24, 2.45) is 0 Å². The molecule has 0 amide bonds. The number of aromatic nitrogens is 1. The van der Waals surface area contributed by atoms with Crippen LogP contribution >= 0.6 is 0 Å². The summed E-state index contributed by atoms with van der Waals surface area (Å²) in [5.74, 6) is -1.83. The summed E-state index contributed by atoms with van der Waals surface area (Å²) < 4.78 is 49.5. The van der Waals surface area contributed by atoms with Crippen molar-refractivity contribution >= 4 is 16.9 Å². The maximum Gasteiger partial charge on any atom is 0.335 e. The first kappa shape index (κ1) is 29.9. The van der Waals surface area contributed by atoms with Gasteiger partial charge in [-0.15, -0.1) is 0 Å². The molecule has 0 bridgehead atoms. The fraction of sp³-hybridized carbons (Fsp3) is 0.229. The highest BCUT2D eigenvalue weighted by Crippen LogP contribution is 2.44. The lowest BCUT2D eigenvalue weighted by atomic mass is 9.83. The van der Waals surface area contributed by atoms with Gasteiger partial charge < -0.3 is 23.9 Å². The number of nitrogens with zero attached hydrogens (tertiary/aromatic N) is 1.